The van der Waals surface area contributed by atoms with Gasteiger partial charge in [-0.05, 0) is 24.5 Å². The van der Waals surface area contributed by atoms with Gasteiger partial charge in [0.25, 0.3) is 0 Å². The second-order valence-electron chi connectivity index (χ2n) is 5.23. The van der Waals surface area contributed by atoms with Crippen molar-refractivity contribution >= 4 is 5.97 Å². The maximum Gasteiger partial charge on any atom is 0.354 e. The normalized spacial score (nSPS) is 21.1. The average molecular weight is 272 g/mol. The monoisotopic (exact) mass is 272 g/mol. The predicted octanol–water partition coefficient (Wildman–Crippen LogP) is 2.17. The van der Waals surface area contributed by atoms with E-state index in [1.807, 2.05) is 0 Å². The molecule has 1 saturated carbocycles. The Kier molecular flexibility index (Phi) is 3.38. The lowest BCUT2D eigenvalue weighted by Crippen LogP contribution is -2.43. The standard InChI is InChI=1S/C13H18F2N2O2/c1-17-8-9(7-10(17)11(18)19-2)12(16)3-5-13(14,15)6-4-12/h7-8H,3-6,16H2,1-2H3. The zero-order valence-electron chi connectivity index (χ0n) is 11.1. The number of nitrogens with zero attached hydrogens (tertiary/aromatic N) is 1. The number of rotatable bonds is 2. The van der Waals surface area contributed by atoms with Crippen molar-refractivity contribution < 1.29 is 18.3 Å². The number of esters is 1. The highest BCUT2D eigenvalue weighted by Crippen LogP contribution is 2.42. The summed E-state index contributed by atoms with van der Waals surface area (Å²) in [7, 11) is 3.00. The first-order valence-electron chi connectivity index (χ1n) is 6.19. The zero-order chi connectivity index (χ0) is 14.3. The number of methoxy groups -OCH3 is 1. The zero-order valence-corrected chi connectivity index (χ0v) is 11.1. The summed E-state index contributed by atoms with van der Waals surface area (Å²) in [5, 5.41) is 0. The molecule has 0 bridgehead atoms. The van der Waals surface area contributed by atoms with Crippen LogP contribution in [0, 0.1) is 0 Å². The molecule has 4 nitrogen and oxygen atoms in total. The molecule has 1 fully saturated rings. The molecule has 0 amide bonds. The number of hydrogen-bond acceptors (Lipinski definition) is 3. The van der Waals surface area contributed by atoms with E-state index in [9.17, 15) is 13.6 Å². The van der Waals surface area contributed by atoms with Gasteiger partial charge in [-0.1, -0.05) is 0 Å². The van der Waals surface area contributed by atoms with E-state index in [0.29, 0.717) is 11.3 Å². The fourth-order valence-corrected chi connectivity index (χ4v) is 2.49. The maximum atomic E-state index is 13.2. The van der Waals surface area contributed by atoms with Crippen molar-refractivity contribution in [3.63, 3.8) is 0 Å². The molecule has 6 heteroatoms. The van der Waals surface area contributed by atoms with Gasteiger partial charge in [0, 0.05) is 31.6 Å². The Hall–Kier alpha value is -1.43. The molecule has 0 spiro atoms. The van der Waals surface area contributed by atoms with Gasteiger partial charge in [-0.3, -0.25) is 0 Å². The highest BCUT2D eigenvalue weighted by atomic mass is 19.3. The summed E-state index contributed by atoms with van der Waals surface area (Å²) in [5.41, 5.74) is 6.53. The van der Waals surface area contributed by atoms with E-state index in [4.69, 9.17) is 5.73 Å². The molecule has 19 heavy (non-hydrogen) atoms. The fourth-order valence-electron chi connectivity index (χ4n) is 2.49. The maximum absolute atomic E-state index is 13.2. The molecule has 0 radical (unpaired) electrons. The molecule has 0 atom stereocenters. The smallest absolute Gasteiger partial charge is 0.354 e. The second kappa shape index (κ2) is 4.59. The molecule has 106 valence electrons. The summed E-state index contributed by atoms with van der Waals surface area (Å²) in [4.78, 5) is 11.5. The van der Waals surface area contributed by atoms with Crippen LogP contribution in [-0.2, 0) is 17.3 Å². The number of carbonyl (C=O) groups excluding carboxylic acids is 1. The van der Waals surface area contributed by atoms with Crippen LogP contribution < -0.4 is 5.73 Å². The van der Waals surface area contributed by atoms with E-state index in [1.165, 1.54) is 7.11 Å². The molecule has 0 aliphatic heterocycles. The Labute approximate surface area is 110 Å². The number of aromatic nitrogens is 1. The van der Waals surface area contributed by atoms with Crippen LogP contribution in [0.1, 0.15) is 41.7 Å². The highest BCUT2D eigenvalue weighted by Gasteiger charge is 2.42. The van der Waals surface area contributed by atoms with E-state index in [2.05, 4.69) is 4.74 Å². The lowest BCUT2D eigenvalue weighted by molar-refractivity contribution is -0.0514. The summed E-state index contributed by atoms with van der Waals surface area (Å²) in [5.74, 6) is -3.08. The van der Waals surface area contributed by atoms with Crippen molar-refractivity contribution in [1.82, 2.24) is 4.57 Å². The van der Waals surface area contributed by atoms with Gasteiger partial charge in [-0.25, -0.2) is 13.6 Å². The Morgan fingerprint density at radius 1 is 1.37 bits per heavy atom. The third-order valence-corrected chi connectivity index (χ3v) is 3.85. The third-order valence-electron chi connectivity index (χ3n) is 3.85. The lowest BCUT2D eigenvalue weighted by Gasteiger charge is -2.36. The molecular weight excluding hydrogens is 254 g/mol. The molecule has 2 N–H and O–H groups in total. The van der Waals surface area contributed by atoms with E-state index in [1.54, 1.807) is 23.9 Å². The quantitative estimate of drug-likeness (QED) is 0.839. The van der Waals surface area contributed by atoms with Crippen LogP contribution in [0.5, 0.6) is 0 Å². The summed E-state index contributed by atoms with van der Waals surface area (Å²) >= 11 is 0. The van der Waals surface area contributed by atoms with Gasteiger partial charge in [0.05, 0.1) is 7.11 Å². The van der Waals surface area contributed by atoms with Gasteiger partial charge in [0.15, 0.2) is 0 Å². The van der Waals surface area contributed by atoms with Crippen molar-refractivity contribution in [2.75, 3.05) is 7.11 Å². The minimum atomic E-state index is -2.62. The SMILES string of the molecule is COC(=O)c1cc(C2(N)CCC(F)(F)CC2)cn1C. The Morgan fingerprint density at radius 2 is 1.95 bits per heavy atom. The molecule has 0 aromatic carbocycles. The predicted molar refractivity (Wildman–Crippen MR) is 66.0 cm³/mol. The van der Waals surface area contributed by atoms with Crippen molar-refractivity contribution in [2.45, 2.75) is 37.1 Å². The van der Waals surface area contributed by atoms with Crippen LogP contribution in [0.15, 0.2) is 12.3 Å². The number of halogens is 2. The summed E-state index contributed by atoms with van der Waals surface area (Å²) in [6, 6.07) is 1.63. The topological polar surface area (TPSA) is 57.2 Å². The van der Waals surface area contributed by atoms with Gasteiger partial charge in [0.2, 0.25) is 5.92 Å². The molecule has 0 saturated heterocycles. The van der Waals surface area contributed by atoms with Crippen LogP contribution in [0.3, 0.4) is 0 Å². The number of alkyl halides is 2. The molecular formula is C13H18F2N2O2. The van der Waals surface area contributed by atoms with E-state index >= 15 is 0 Å². The van der Waals surface area contributed by atoms with Gasteiger partial charge in [0.1, 0.15) is 5.69 Å². The van der Waals surface area contributed by atoms with E-state index < -0.39 is 17.4 Å². The number of aryl methyl sites for hydroxylation is 1. The van der Waals surface area contributed by atoms with Gasteiger partial charge >= 0.3 is 5.97 Å². The van der Waals surface area contributed by atoms with Crippen LogP contribution in [-0.4, -0.2) is 23.6 Å². The number of hydrogen-bond donors (Lipinski definition) is 1. The van der Waals surface area contributed by atoms with Crippen molar-refractivity contribution in [3.8, 4) is 0 Å². The molecule has 0 unspecified atom stereocenters. The van der Waals surface area contributed by atoms with Crippen LogP contribution in [0.4, 0.5) is 8.78 Å². The number of carbonyl (C=O) groups is 1. The third kappa shape index (κ3) is 2.63. The largest absolute Gasteiger partial charge is 0.464 e. The van der Waals surface area contributed by atoms with Gasteiger partial charge in [-0.2, -0.15) is 0 Å². The van der Waals surface area contributed by atoms with Crippen LogP contribution in [0.2, 0.25) is 0 Å². The molecule has 1 aliphatic rings. The Balaban J connectivity index is 2.25. The highest BCUT2D eigenvalue weighted by molar-refractivity contribution is 5.88. The minimum absolute atomic E-state index is 0.213. The fraction of sp³-hybridized carbons (Fsp3) is 0.615. The first-order chi connectivity index (χ1) is 8.77. The van der Waals surface area contributed by atoms with E-state index in [0.717, 1.165) is 0 Å². The van der Waals surface area contributed by atoms with Gasteiger partial charge in [-0.15, -0.1) is 0 Å². The minimum Gasteiger partial charge on any atom is -0.464 e. The average Bonchev–Trinajstić information content (AvgIpc) is 2.75. The first-order valence-corrected chi connectivity index (χ1v) is 6.19. The lowest BCUT2D eigenvalue weighted by atomic mass is 9.77. The summed E-state index contributed by atoms with van der Waals surface area (Å²) in [6.07, 6.45) is 1.71. The number of nitrogens with two attached hydrogens (primary N) is 1. The Morgan fingerprint density at radius 3 is 2.47 bits per heavy atom. The first kappa shape index (κ1) is 14.0. The molecule has 1 heterocycles. The molecule has 2 rings (SSSR count). The summed E-state index contributed by atoms with van der Waals surface area (Å²) in [6.45, 7) is 0. The van der Waals surface area contributed by atoms with E-state index in [-0.39, 0.29) is 25.7 Å². The van der Waals surface area contributed by atoms with Crippen molar-refractivity contribution in [1.29, 1.82) is 0 Å². The molecule has 1 aliphatic carbocycles. The summed E-state index contributed by atoms with van der Waals surface area (Å²) < 4.78 is 32.7. The molecule has 1 aromatic heterocycles. The second-order valence-corrected chi connectivity index (χ2v) is 5.23. The molecule has 1 aromatic rings. The van der Waals surface area contributed by atoms with Crippen molar-refractivity contribution in [3.05, 3.63) is 23.5 Å². The van der Waals surface area contributed by atoms with Crippen molar-refractivity contribution in [2.24, 2.45) is 12.8 Å². The van der Waals surface area contributed by atoms with Gasteiger partial charge < -0.3 is 15.0 Å². The van der Waals surface area contributed by atoms with Crippen LogP contribution >= 0.6 is 0 Å². The number of ether oxygens (including phenoxy) is 1. The Bertz CT molecular complexity index is 487. The van der Waals surface area contributed by atoms with Crippen LogP contribution in [0.25, 0.3) is 0 Å².